The second-order valence-electron chi connectivity index (χ2n) is 5.95. The zero-order valence-electron chi connectivity index (χ0n) is 14.3. The van der Waals surface area contributed by atoms with E-state index >= 15 is 0 Å². The van der Waals surface area contributed by atoms with Crippen LogP contribution in [0.15, 0.2) is 41.0 Å². The molecule has 2 atom stereocenters. The summed E-state index contributed by atoms with van der Waals surface area (Å²) in [4.78, 5) is 14.3. The lowest BCUT2D eigenvalue weighted by molar-refractivity contribution is -0.0162. The van der Waals surface area contributed by atoms with E-state index in [-0.39, 0.29) is 23.2 Å². The number of carbonyl (C=O) groups is 1. The molecule has 2 aromatic rings. The maximum atomic E-state index is 13.4. The zero-order chi connectivity index (χ0) is 18.5. The molecule has 140 valence electrons. The van der Waals surface area contributed by atoms with Crippen molar-refractivity contribution in [3.8, 4) is 0 Å². The molecule has 2 heterocycles. The summed E-state index contributed by atoms with van der Waals surface area (Å²) in [5, 5.41) is 2.94. The van der Waals surface area contributed by atoms with Gasteiger partial charge in [0.2, 0.25) is 0 Å². The fourth-order valence-corrected chi connectivity index (χ4v) is 3.03. The van der Waals surface area contributed by atoms with Gasteiger partial charge in [-0.15, -0.1) is 0 Å². The number of furan rings is 1. The highest BCUT2D eigenvalue weighted by Crippen LogP contribution is 2.26. The fourth-order valence-electron chi connectivity index (χ4n) is 2.84. The monoisotopic (exact) mass is 382 g/mol. The molecule has 0 aliphatic carbocycles. The third-order valence-corrected chi connectivity index (χ3v) is 4.48. The van der Waals surface area contributed by atoms with E-state index < -0.39 is 5.82 Å². The molecule has 1 aliphatic rings. The van der Waals surface area contributed by atoms with Crippen molar-refractivity contribution in [2.75, 3.05) is 33.4 Å². The van der Waals surface area contributed by atoms with Crippen molar-refractivity contribution in [2.24, 2.45) is 0 Å². The van der Waals surface area contributed by atoms with E-state index in [0.29, 0.717) is 32.1 Å². The molecule has 1 aliphatic heterocycles. The van der Waals surface area contributed by atoms with E-state index in [9.17, 15) is 9.18 Å². The predicted octanol–water partition coefficient (Wildman–Crippen LogP) is 3.54. The van der Waals surface area contributed by atoms with Gasteiger partial charge in [-0.25, -0.2) is 9.18 Å². The Hall–Kier alpha value is -2.09. The van der Waals surface area contributed by atoms with Crippen molar-refractivity contribution in [2.45, 2.75) is 12.1 Å². The Labute approximate surface area is 155 Å². The van der Waals surface area contributed by atoms with Gasteiger partial charge in [0.05, 0.1) is 31.0 Å². The van der Waals surface area contributed by atoms with Crippen molar-refractivity contribution >= 4 is 17.6 Å². The Kier molecular flexibility index (Phi) is 6.13. The first kappa shape index (κ1) is 18.7. The minimum Gasteiger partial charge on any atom is -0.467 e. The lowest BCUT2D eigenvalue weighted by atomic mass is 10.1. The molecule has 6 nitrogen and oxygen atoms in total. The van der Waals surface area contributed by atoms with Gasteiger partial charge in [-0.2, -0.15) is 0 Å². The van der Waals surface area contributed by atoms with Crippen LogP contribution in [0.1, 0.15) is 23.5 Å². The Morgan fingerprint density at radius 3 is 3.04 bits per heavy atom. The summed E-state index contributed by atoms with van der Waals surface area (Å²) in [7, 11) is 1.56. The highest BCUT2D eigenvalue weighted by Gasteiger charge is 2.28. The molecule has 0 radical (unpaired) electrons. The first-order valence-electron chi connectivity index (χ1n) is 8.23. The van der Waals surface area contributed by atoms with E-state index in [1.54, 1.807) is 36.5 Å². The number of nitrogens with one attached hydrogen (secondary N) is 1. The molecule has 26 heavy (non-hydrogen) atoms. The van der Waals surface area contributed by atoms with Crippen molar-refractivity contribution in [3.63, 3.8) is 0 Å². The van der Waals surface area contributed by atoms with Crippen LogP contribution in [-0.2, 0) is 9.47 Å². The predicted molar refractivity (Wildman–Crippen MR) is 93.5 cm³/mol. The van der Waals surface area contributed by atoms with Crippen LogP contribution >= 0.6 is 11.6 Å². The molecule has 2 amide bonds. The third kappa shape index (κ3) is 4.35. The number of ether oxygens (including phenoxy) is 2. The third-order valence-electron chi connectivity index (χ3n) is 4.19. The summed E-state index contributed by atoms with van der Waals surface area (Å²) >= 11 is 5.84. The summed E-state index contributed by atoms with van der Waals surface area (Å²) < 4.78 is 29.6. The molecular formula is C18H20ClFN2O4. The molecule has 1 N–H and O–H groups in total. The number of benzene rings is 1. The van der Waals surface area contributed by atoms with E-state index in [4.69, 9.17) is 25.5 Å². The van der Waals surface area contributed by atoms with Crippen LogP contribution in [0.4, 0.5) is 9.18 Å². The number of halogens is 2. The molecule has 0 saturated carbocycles. The summed E-state index contributed by atoms with van der Waals surface area (Å²) in [6, 6.07) is 7.35. The quantitative estimate of drug-likeness (QED) is 0.859. The number of hydrogen-bond acceptors (Lipinski definition) is 4. The number of morpholine rings is 1. The van der Waals surface area contributed by atoms with Gasteiger partial charge in [-0.05, 0) is 29.8 Å². The van der Waals surface area contributed by atoms with Crippen LogP contribution in [0, 0.1) is 5.82 Å². The van der Waals surface area contributed by atoms with Crippen LogP contribution in [-0.4, -0.2) is 44.3 Å². The van der Waals surface area contributed by atoms with Gasteiger partial charge in [0.25, 0.3) is 0 Å². The van der Waals surface area contributed by atoms with Crippen molar-refractivity contribution in [1.82, 2.24) is 10.2 Å². The maximum absolute atomic E-state index is 13.4. The number of amides is 2. The first-order valence-corrected chi connectivity index (χ1v) is 8.60. The molecule has 1 aromatic carbocycles. The highest BCUT2D eigenvalue weighted by molar-refractivity contribution is 6.30. The van der Waals surface area contributed by atoms with Crippen LogP contribution in [0.3, 0.4) is 0 Å². The molecule has 1 aromatic heterocycles. The van der Waals surface area contributed by atoms with Crippen LogP contribution < -0.4 is 5.32 Å². The summed E-state index contributed by atoms with van der Waals surface area (Å²) in [6.07, 6.45) is 1.18. The van der Waals surface area contributed by atoms with Gasteiger partial charge in [0.15, 0.2) is 0 Å². The summed E-state index contributed by atoms with van der Waals surface area (Å²) in [5.74, 6) is 0.136. The average Bonchev–Trinajstić information content (AvgIpc) is 3.18. The first-order chi connectivity index (χ1) is 12.6. The standard InChI is InChI=1S/C18H20ClFN2O4/c1-24-11-15(16-3-2-7-25-16)21-18(23)22-6-8-26-17(10-22)12-4-5-14(20)13(19)9-12/h2-5,7,9,15,17H,6,8,10-11H2,1H3,(H,21,23)/t15-,17+/m1/s1. The molecular weight excluding hydrogens is 363 g/mol. The Balaban J connectivity index is 1.66. The Bertz CT molecular complexity index is 741. The number of hydrogen-bond donors (Lipinski definition) is 1. The topological polar surface area (TPSA) is 63.9 Å². The lowest BCUT2D eigenvalue weighted by Crippen LogP contribution is -2.48. The number of urea groups is 1. The molecule has 8 heteroatoms. The van der Waals surface area contributed by atoms with Gasteiger partial charge in [-0.1, -0.05) is 17.7 Å². The highest BCUT2D eigenvalue weighted by atomic mass is 35.5. The van der Waals surface area contributed by atoms with Crippen LogP contribution in [0.25, 0.3) is 0 Å². The molecule has 0 unspecified atom stereocenters. The molecule has 1 fully saturated rings. The Morgan fingerprint density at radius 1 is 1.50 bits per heavy atom. The Morgan fingerprint density at radius 2 is 2.35 bits per heavy atom. The molecule has 0 spiro atoms. The summed E-state index contributed by atoms with van der Waals surface area (Å²) in [5.41, 5.74) is 0.730. The number of rotatable bonds is 5. The van der Waals surface area contributed by atoms with Crippen molar-refractivity contribution in [3.05, 3.63) is 58.8 Å². The minimum atomic E-state index is -0.485. The van der Waals surface area contributed by atoms with Gasteiger partial charge in [0, 0.05) is 13.7 Å². The van der Waals surface area contributed by atoms with Gasteiger partial charge < -0.3 is 24.1 Å². The van der Waals surface area contributed by atoms with Gasteiger partial charge >= 0.3 is 6.03 Å². The van der Waals surface area contributed by atoms with Crippen molar-refractivity contribution in [1.29, 1.82) is 0 Å². The maximum Gasteiger partial charge on any atom is 0.318 e. The van der Waals surface area contributed by atoms with E-state index in [0.717, 1.165) is 5.56 Å². The number of methoxy groups -OCH3 is 1. The lowest BCUT2D eigenvalue weighted by Gasteiger charge is -2.34. The van der Waals surface area contributed by atoms with Crippen LogP contribution in [0.5, 0.6) is 0 Å². The van der Waals surface area contributed by atoms with E-state index in [1.807, 2.05) is 0 Å². The minimum absolute atomic E-state index is 0.0330. The molecule has 1 saturated heterocycles. The fraction of sp³-hybridized carbons (Fsp3) is 0.389. The van der Waals surface area contributed by atoms with Crippen molar-refractivity contribution < 1.29 is 23.1 Å². The largest absolute Gasteiger partial charge is 0.467 e. The van der Waals surface area contributed by atoms with Gasteiger partial charge in [-0.3, -0.25) is 0 Å². The average molecular weight is 383 g/mol. The molecule has 3 rings (SSSR count). The second-order valence-corrected chi connectivity index (χ2v) is 6.36. The number of carbonyl (C=O) groups excluding carboxylic acids is 1. The normalized spacial score (nSPS) is 18.6. The zero-order valence-corrected chi connectivity index (χ0v) is 15.0. The van der Waals surface area contributed by atoms with Gasteiger partial charge in [0.1, 0.15) is 23.7 Å². The van der Waals surface area contributed by atoms with E-state index in [1.165, 1.54) is 12.1 Å². The second kappa shape index (κ2) is 8.53. The summed E-state index contributed by atoms with van der Waals surface area (Å²) in [6.45, 7) is 1.46. The number of nitrogens with zero attached hydrogens (tertiary/aromatic N) is 1. The van der Waals surface area contributed by atoms with Crippen LogP contribution in [0.2, 0.25) is 5.02 Å². The SMILES string of the molecule is COC[C@@H](NC(=O)N1CCO[C@H](c2ccc(F)c(Cl)c2)C1)c1ccco1. The van der Waals surface area contributed by atoms with E-state index in [2.05, 4.69) is 5.32 Å². The smallest absolute Gasteiger partial charge is 0.318 e. The molecule has 0 bridgehead atoms.